The maximum Gasteiger partial charge on any atom is 0.213 e. The van der Waals surface area contributed by atoms with E-state index in [1.807, 2.05) is 60.7 Å². The molecular formula is C54H33N5O. The van der Waals surface area contributed by atoms with Crippen LogP contribution in [0.25, 0.3) is 117 Å². The summed E-state index contributed by atoms with van der Waals surface area (Å²) in [6, 6.07) is 69.1. The summed E-state index contributed by atoms with van der Waals surface area (Å²) in [5.74, 6) is 1.91. The summed E-state index contributed by atoms with van der Waals surface area (Å²) in [7, 11) is 0. The van der Waals surface area contributed by atoms with Crippen LogP contribution in [0.2, 0.25) is 0 Å². The van der Waals surface area contributed by atoms with Gasteiger partial charge >= 0.3 is 0 Å². The smallest absolute Gasteiger partial charge is 0.213 e. The number of aromatic nitrogens is 5. The van der Waals surface area contributed by atoms with Crippen LogP contribution in [-0.4, -0.2) is 24.5 Å². The van der Waals surface area contributed by atoms with E-state index in [2.05, 4.69) is 144 Å². The second kappa shape index (κ2) is 13.7. The lowest BCUT2D eigenvalue weighted by Crippen LogP contribution is -2.00. The molecule has 0 unspecified atom stereocenters. The zero-order valence-corrected chi connectivity index (χ0v) is 32.2. The molecule has 0 aliphatic heterocycles. The van der Waals surface area contributed by atoms with Crippen LogP contribution in [0, 0.1) is 0 Å². The average Bonchev–Trinajstić information content (AvgIpc) is 3.87. The Hall–Kier alpha value is -8.22. The van der Waals surface area contributed by atoms with Crippen LogP contribution in [-0.2, 0) is 0 Å². The molecular weight excluding hydrogens is 735 g/mol. The second-order valence-corrected chi connectivity index (χ2v) is 15.0. The topological polar surface area (TPSA) is 69.6 Å². The summed E-state index contributed by atoms with van der Waals surface area (Å²) in [6.45, 7) is 0. The van der Waals surface area contributed by atoms with Gasteiger partial charge in [0.25, 0.3) is 0 Å². The van der Waals surface area contributed by atoms with Crippen LogP contribution in [0.4, 0.5) is 0 Å². The van der Waals surface area contributed by atoms with Gasteiger partial charge in [0.2, 0.25) is 5.71 Å². The molecule has 0 bridgehead atoms. The van der Waals surface area contributed by atoms with Crippen LogP contribution in [0.5, 0.6) is 0 Å². The van der Waals surface area contributed by atoms with Gasteiger partial charge in [-0.15, -0.1) is 0 Å². The molecule has 12 aromatic rings. The third kappa shape index (κ3) is 5.50. The van der Waals surface area contributed by atoms with Crippen LogP contribution in [0.1, 0.15) is 0 Å². The van der Waals surface area contributed by atoms with Gasteiger partial charge in [-0.05, 0) is 34.7 Å². The Morgan fingerprint density at radius 1 is 0.350 bits per heavy atom. The van der Waals surface area contributed by atoms with Gasteiger partial charge in [0, 0.05) is 43.8 Å². The number of fused-ring (bicyclic) bond motifs is 8. The minimum absolute atomic E-state index is 0.628. The Bertz CT molecular complexity index is 3510. The van der Waals surface area contributed by atoms with Crippen molar-refractivity contribution in [1.29, 1.82) is 0 Å². The molecule has 60 heavy (non-hydrogen) atoms. The zero-order chi connectivity index (χ0) is 39.6. The molecule has 280 valence electrons. The highest BCUT2D eigenvalue weighted by molar-refractivity contribution is 6.28. The Kier molecular flexibility index (Phi) is 7.74. The van der Waals surface area contributed by atoms with Crippen molar-refractivity contribution < 1.29 is 4.42 Å². The van der Waals surface area contributed by atoms with Crippen molar-refractivity contribution in [2.45, 2.75) is 0 Å². The third-order valence-electron chi connectivity index (χ3n) is 11.5. The number of hydrogen-bond acceptors (Lipinski definition) is 5. The SMILES string of the molecule is c1ccc(-c2nc(-c3ccccc3)nc(-c3ccc(-c4ccc(-c5nc6ccccc6c6c5oc5c6c6ccccc6n5-c5cccc6ccccc56)cc4)cc3)n2)cc1. The molecule has 0 amide bonds. The summed E-state index contributed by atoms with van der Waals surface area (Å²) in [5.41, 5.74) is 11.5. The molecule has 0 N–H and O–H groups in total. The Morgan fingerprint density at radius 3 is 1.52 bits per heavy atom. The van der Waals surface area contributed by atoms with E-state index in [4.69, 9.17) is 24.4 Å². The molecule has 6 heteroatoms. The fraction of sp³-hybridized carbons (Fsp3) is 0. The molecule has 4 aromatic heterocycles. The predicted molar refractivity (Wildman–Crippen MR) is 244 cm³/mol. The molecule has 8 aromatic carbocycles. The zero-order valence-electron chi connectivity index (χ0n) is 32.2. The molecule has 0 spiro atoms. The van der Waals surface area contributed by atoms with E-state index >= 15 is 0 Å². The molecule has 0 saturated carbocycles. The summed E-state index contributed by atoms with van der Waals surface area (Å²) in [5, 5.41) is 6.72. The molecule has 0 aliphatic carbocycles. The van der Waals surface area contributed by atoms with Gasteiger partial charge in [-0.25, -0.2) is 19.9 Å². The van der Waals surface area contributed by atoms with Crippen molar-refractivity contribution in [2.75, 3.05) is 0 Å². The number of pyridine rings is 1. The van der Waals surface area contributed by atoms with Crippen LogP contribution in [0.15, 0.2) is 205 Å². The van der Waals surface area contributed by atoms with E-state index in [0.29, 0.717) is 17.5 Å². The lowest BCUT2D eigenvalue weighted by molar-refractivity contribution is 0.645. The fourth-order valence-electron chi connectivity index (χ4n) is 8.60. The second-order valence-electron chi connectivity index (χ2n) is 15.0. The molecule has 0 fully saturated rings. The fourth-order valence-corrected chi connectivity index (χ4v) is 8.60. The normalized spacial score (nSPS) is 11.7. The lowest BCUT2D eigenvalue weighted by Gasteiger charge is -2.11. The van der Waals surface area contributed by atoms with Gasteiger partial charge in [-0.1, -0.05) is 182 Å². The van der Waals surface area contributed by atoms with Gasteiger partial charge in [0.1, 0.15) is 5.69 Å². The monoisotopic (exact) mass is 767 g/mol. The quantitative estimate of drug-likeness (QED) is 0.168. The van der Waals surface area contributed by atoms with E-state index in [0.717, 1.165) is 94.0 Å². The van der Waals surface area contributed by atoms with Crippen LogP contribution in [0.3, 0.4) is 0 Å². The van der Waals surface area contributed by atoms with Crippen molar-refractivity contribution in [3.63, 3.8) is 0 Å². The highest BCUT2D eigenvalue weighted by atomic mass is 16.3. The standard InChI is InChI=1S/C54H33N5O/c1-3-15-38(16-4-1)51-56-52(39-17-5-2-6-18-39)58-53(57-51)40-32-28-35(29-33-40)34-26-30-37(31-27-34)49-50-47(42-21-9-11-23-44(42)55-49)48-43-22-10-12-24-46(43)59(54(48)60-50)45-25-13-19-36-14-7-8-20-41(36)45/h1-33H. The first-order valence-corrected chi connectivity index (χ1v) is 20.1. The molecule has 0 radical (unpaired) electrons. The van der Waals surface area contributed by atoms with Crippen LogP contribution < -0.4 is 0 Å². The Balaban J connectivity index is 0.962. The Labute approximate surface area is 344 Å². The maximum absolute atomic E-state index is 7.09. The first kappa shape index (κ1) is 33.9. The molecule has 0 aliphatic rings. The van der Waals surface area contributed by atoms with Crippen molar-refractivity contribution in [3.8, 4) is 62.2 Å². The van der Waals surface area contributed by atoms with E-state index in [-0.39, 0.29) is 0 Å². The molecule has 0 atom stereocenters. The number of benzene rings is 8. The first-order chi connectivity index (χ1) is 29.7. The maximum atomic E-state index is 7.09. The molecule has 4 heterocycles. The van der Waals surface area contributed by atoms with Crippen molar-refractivity contribution in [1.82, 2.24) is 24.5 Å². The van der Waals surface area contributed by atoms with Gasteiger partial charge in [-0.3, -0.25) is 4.57 Å². The number of furan rings is 1. The molecule has 0 saturated heterocycles. The van der Waals surface area contributed by atoms with Gasteiger partial charge in [0.05, 0.1) is 22.1 Å². The lowest BCUT2D eigenvalue weighted by atomic mass is 9.99. The van der Waals surface area contributed by atoms with Crippen molar-refractivity contribution in [3.05, 3.63) is 200 Å². The van der Waals surface area contributed by atoms with Crippen molar-refractivity contribution in [2.24, 2.45) is 0 Å². The summed E-state index contributed by atoms with van der Waals surface area (Å²) in [4.78, 5) is 20.0. The summed E-state index contributed by atoms with van der Waals surface area (Å²) < 4.78 is 9.37. The number of para-hydroxylation sites is 2. The number of hydrogen-bond donors (Lipinski definition) is 0. The summed E-state index contributed by atoms with van der Waals surface area (Å²) in [6.07, 6.45) is 0. The predicted octanol–water partition coefficient (Wildman–Crippen LogP) is 13.8. The first-order valence-electron chi connectivity index (χ1n) is 20.1. The van der Waals surface area contributed by atoms with E-state index in [1.54, 1.807) is 0 Å². The molecule has 12 rings (SSSR count). The Morgan fingerprint density at radius 2 is 0.850 bits per heavy atom. The van der Waals surface area contributed by atoms with E-state index in [1.165, 1.54) is 5.39 Å². The van der Waals surface area contributed by atoms with Gasteiger partial charge in [0.15, 0.2) is 23.1 Å². The average molecular weight is 768 g/mol. The highest BCUT2D eigenvalue weighted by Gasteiger charge is 2.25. The number of nitrogens with zero attached hydrogens (tertiary/aromatic N) is 5. The minimum Gasteiger partial charge on any atom is -0.437 e. The van der Waals surface area contributed by atoms with Crippen molar-refractivity contribution >= 4 is 54.6 Å². The largest absolute Gasteiger partial charge is 0.437 e. The summed E-state index contributed by atoms with van der Waals surface area (Å²) >= 11 is 0. The van der Waals surface area contributed by atoms with Gasteiger partial charge < -0.3 is 4.42 Å². The van der Waals surface area contributed by atoms with E-state index < -0.39 is 0 Å². The molecule has 6 nitrogen and oxygen atoms in total. The van der Waals surface area contributed by atoms with E-state index in [9.17, 15) is 0 Å². The third-order valence-corrected chi connectivity index (χ3v) is 11.5. The number of rotatable bonds is 6. The minimum atomic E-state index is 0.628. The highest BCUT2D eigenvalue weighted by Crippen LogP contribution is 2.45. The van der Waals surface area contributed by atoms with Crippen LogP contribution >= 0.6 is 0 Å². The van der Waals surface area contributed by atoms with Gasteiger partial charge in [-0.2, -0.15) is 0 Å².